The molecule has 0 spiro atoms. The molecule has 1 aromatic heterocycles. The minimum Gasteiger partial charge on any atom is -0.330 e. The number of rotatable bonds is 2. The van der Waals surface area contributed by atoms with E-state index in [4.69, 9.17) is 5.73 Å². The summed E-state index contributed by atoms with van der Waals surface area (Å²) in [6, 6.07) is 6.95. The number of benzene rings is 1. The number of hydrogen-bond acceptors (Lipinski definition) is 2. The van der Waals surface area contributed by atoms with Crippen LogP contribution in [0.15, 0.2) is 30.6 Å². The average molecular weight is 296 g/mol. The first-order chi connectivity index (χ1) is 10.5. The number of hydrogen-bond donors (Lipinski definition) is 1. The molecule has 1 aliphatic carbocycles. The van der Waals surface area contributed by atoms with Crippen molar-refractivity contribution in [2.24, 2.45) is 5.73 Å². The van der Waals surface area contributed by atoms with E-state index in [9.17, 15) is 0 Å². The third-order valence-electron chi connectivity index (χ3n) is 5.38. The van der Waals surface area contributed by atoms with Gasteiger partial charge in [-0.2, -0.15) is 0 Å². The molecule has 0 radical (unpaired) electrons. The maximum atomic E-state index is 6.20. The number of aromatic nitrogens is 1. The monoisotopic (exact) mass is 296 g/mol. The summed E-state index contributed by atoms with van der Waals surface area (Å²) in [6.45, 7) is 7.50. The lowest BCUT2D eigenvalue weighted by molar-refractivity contribution is 0.301. The molecule has 118 valence electrons. The van der Waals surface area contributed by atoms with Gasteiger partial charge in [-0.05, 0) is 40.8 Å². The predicted molar refractivity (Wildman–Crippen MR) is 94.3 cm³/mol. The van der Waals surface area contributed by atoms with Gasteiger partial charge in [-0.1, -0.05) is 52.2 Å². The van der Waals surface area contributed by atoms with Gasteiger partial charge in [0, 0.05) is 29.7 Å². The highest BCUT2D eigenvalue weighted by Gasteiger charge is 2.32. The van der Waals surface area contributed by atoms with Crippen molar-refractivity contribution in [1.82, 2.24) is 4.98 Å². The summed E-state index contributed by atoms with van der Waals surface area (Å²) in [4.78, 5) is 4.48. The Morgan fingerprint density at radius 2 is 1.82 bits per heavy atom. The molecule has 1 saturated carbocycles. The Bertz CT molecular complexity index is 661. The fourth-order valence-corrected chi connectivity index (χ4v) is 3.94. The lowest BCUT2D eigenvalue weighted by atomic mass is 9.69. The first-order valence-electron chi connectivity index (χ1n) is 8.55. The van der Waals surface area contributed by atoms with E-state index in [2.05, 4.69) is 44.0 Å². The molecule has 2 heteroatoms. The first kappa shape index (κ1) is 15.5. The topological polar surface area (TPSA) is 38.9 Å². The van der Waals surface area contributed by atoms with Gasteiger partial charge < -0.3 is 5.73 Å². The van der Waals surface area contributed by atoms with Crippen LogP contribution in [0.25, 0.3) is 10.8 Å². The van der Waals surface area contributed by atoms with Crippen LogP contribution in [-0.4, -0.2) is 11.5 Å². The number of nitrogens with two attached hydrogens (primary N) is 1. The fraction of sp³-hybridized carbons (Fsp3) is 0.550. The second-order valence-electron chi connectivity index (χ2n) is 7.92. The van der Waals surface area contributed by atoms with Crippen LogP contribution in [-0.2, 0) is 10.8 Å². The molecule has 0 aliphatic heterocycles. The average Bonchev–Trinajstić information content (AvgIpc) is 2.53. The standard InChI is InChI=1S/C20H28N2/c1-19(2,3)18-13-22-12-15-11-16(7-8-17(15)18)20(14-21)9-5-4-6-10-20/h7-8,11-13H,4-6,9-10,14,21H2,1-3H3. The molecule has 2 aromatic rings. The summed E-state index contributed by atoms with van der Waals surface area (Å²) < 4.78 is 0. The highest BCUT2D eigenvalue weighted by atomic mass is 14.6. The molecule has 1 aliphatic rings. The van der Waals surface area contributed by atoms with E-state index in [1.165, 1.54) is 54.0 Å². The van der Waals surface area contributed by atoms with Crippen LogP contribution in [0, 0.1) is 0 Å². The Kier molecular flexibility index (Phi) is 3.98. The second kappa shape index (κ2) is 5.66. The van der Waals surface area contributed by atoms with Crippen LogP contribution in [0.1, 0.15) is 64.0 Å². The van der Waals surface area contributed by atoms with Gasteiger partial charge in [0.1, 0.15) is 0 Å². The zero-order valence-corrected chi connectivity index (χ0v) is 14.2. The lowest BCUT2D eigenvalue weighted by Crippen LogP contribution is -2.37. The van der Waals surface area contributed by atoms with E-state index < -0.39 is 0 Å². The van der Waals surface area contributed by atoms with Crippen LogP contribution < -0.4 is 5.73 Å². The molecule has 0 saturated heterocycles. The fourth-order valence-electron chi connectivity index (χ4n) is 3.94. The largest absolute Gasteiger partial charge is 0.330 e. The normalized spacial score (nSPS) is 18.5. The maximum absolute atomic E-state index is 6.20. The highest BCUT2D eigenvalue weighted by Crippen LogP contribution is 2.40. The second-order valence-corrected chi connectivity index (χ2v) is 7.92. The van der Waals surface area contributed by atoms with Gasteiger partial charge in [-0.15, -0.1) is 0 Å². The zero-order valence-electron chi connectivity index (χ0n) is 14.2. The van der Waals surface area contributed by atoms with E-state index >= 15 is 0 Å². The Morgan fingerprint density at radius 3 is 2.45 bits per heavy atom. The van der Waals surface area contributed by atoms with Crippen LogP contribution >= 0.6 is 0 Å². The molecule has 3 rings (SSSR count). The predicted octanol–water partition coefficient (Wildman–Crippen LogP) is 4.69. The van der Waals surface area contributed by atoms with Crippen molar-refractivity contribution in [3.63, 3.8) is 0 Å². The van der Waals surface area contributed by atoms with Gasteiger partial charge in [-0.25, -0.2) is 0 Å². The van der Waals surface area contributed by atoms with Gasteiger partial charge in [-0.3, -0.25) is 4.98 Å². The van der Waals surface area contributed by atoms with Crippen molar-refractivity contribution >= 4 is 10.8 Å². The van der Waals surface area contributed by atoms with E-state index in [1.54, 1.807) is 0 Å². The minimum absolute atomic E-state index is 0.115. The number of pyridine rings is 1. The van der Waals surface area contributed by atoms with Crippen molar-refractivity contribution < 1.29 is 0 Å². The van der Waals surface area contributed by atoms with Gasteiger partial charge in [0.2, 0.25) is 0 Å². The minimum atomic E-state index is 0.115. The molecular formula is C20H28N2. The van der Waals surface area contributed by atoms with Crippen LogP contribution in [0.5, 0.6) is 0 Å². The van der Waals surface area contributed by atoms with Crippen molar-refractivity contribution in [2.75, 3.05) is 6.54 Å². The molecule has 2 nitrogen and oxygen atoms in total. The van der Waals surface area contributed by atoms with Gasteiger partial charge >= 0.3 is 0 Å². The Balaban J connectivity index is 2.11. The Labute approximate surface area is 134 Å². The van der Waals surface area contributed by atoms with E-state index in [1.807, 2.05) is 12.4 Å². The Hall–Kier alpha value is -1.41. The smallest absolute Gasteiger partial charge is 0.0346 e. The molecular weight excluding hydrogens is 268 g/mol. The van der Waals surface area contributed by atoms with Crippen molar-refractivity contribution in [1.29, 1.82) is 0 Å². The summed E-state index contributed by atoms with van der Waals surface area (Å²) in [5.41, 5.74) is 9.23. The molecule has 1 heterocycles. The molecule has 0 atom stereocenters. The van der Waals surface area contributed by atoms with Crippen LogP contribution in [0.4, 0.5) is 0 Å². The zero-order chi connectivity index (χ0) is 15.8. The van der Waals surface area contributed by atoms with Crippen molar-refractivity contribution in [3.8, 4) is 0 Å². The molecule has 2 N–H and O–H groups in total. The summed E-state index contributed by atoms with van der Waals surface area (Å²) in [6.07, 6.45) is 10.4. The van der Waals surface area contributed by atoms with Crippen LogP contribution in [0.3, 0.4) is 0 Å². The van der Waals surface area contributed by atoms with E-state index in [-0.39, 0.29) is 10.8 Å². The summed E-state index contributed by atoms with van der Waals surface area (Å²) >= 11 is 0. The molecule has 0 unspecified atom stereocenters. The maximum Gasteiger partial charge on any atom is 0.0346 e. The summed E-state index contributed by atoms with van der Waals surface area (Å²) in [5, 5.41) is 2.58. The van der Waals surface area contributed by atoms with E-state index in [0.717, 1.165) is 6.54 Å². The third-order valence-corrected chi connectivity index (χ3v) is 5.38. The molecule has 22 heavy (non-hydrogen) atoms. The van der Waals surface area contributed by atoms with Gasteiger partial charge in [0.05, 0.1) is 0 Å². The lowest BCUT2D eigenvalue weighted by Gasteiger charge is -2.37. The first-order valence-corrected chi connectivity index (χ1v) is 8.55. The molecule has 0 amide bonds. The molecule has 1 fully saturated rings. The quantitative estimate of drug-likeness (QED) is 0.873. The van der Waals surface area contributed by atoms with Gasteiger partial charge in [0.25, 0.3) is 0 Å². The summed E-state index contributed by atoms with van der Waals surface area (Å²) in [7, 11) is 0. The van der Waals surface area contributed by atoms with Crippen LogP contribution in [0.2, 0.25) is 0 Å². The number of nitrogens with zero attached hydrogens (tertiary/aromatic N) is 1. The third kappa shape index (κ3) is 2.65. The highest BCUT2D eigenvalue weighted by molar-refractivity contribution is 5.86. The van der Waals surface area contributed by atoms with E-state index in [0.29, 0.717) is 0 Å². The number of fused-ring (bicyclic) bond motifs is 1. The summed E-state index contributed by atoms with van der Waals surface area (Å²) in [5.74, 6) is 0. The SMILES string of the molecule is CC(C)(C)c1cncc2cc(C3(CN)CCCCC3)ccc12. The van der Waals surface area contributed by atoms with Crippen molar-refractivity contribution in [2.45, 2.75) is 63.7 Å². The van der Waals surface area contributed by atoms with Crippen molar-refractivity contribution in [3.05, 3.63) is 41.7 Å². The van der Waals surface area contributed by atoms with Gasteiger partial charge in [0.15, 0.2) is 0 Å². The molecule has 0 bridgehead atoms. The Morgan fingerprint density at radius 1 is 1.09 bits per heavy atom. The molecule has 1 aromatic carbocycles.